The van der Waals surface area contributed by atoms with Crippen molar-refractivity contribution in [1.82, 2.24) is 19.9 Å². The summed E-state index contributed by atoms with van der Waals surface area (Å²) in [5, 5.41) is 0. The van der Waals surface area contributed by atoms with Crippen LogP contribution in [0.3, 0.4) is 0 Å². The number of nitrogens with one attached hydrogen (secondary N) is 2. The van der Waals surface area contributed by atoms with Crippen molar-refractivity contribution in [2.45, 2.75) is 33.3 Å². The minimum absolute atomic E-state index is 0.280. The third-order valence-electron chi connectivity index (χ3n) is 6.24. The van der Waals surface area contributed by atoms with Crippen LogP contribution in [0.5, 0.6) is 5.75 Å². The second-order valence-electron chi connectivity index (χ2n) is 8.85. The quantitative estimate of drug-likeness (QED) is 0.327. The molecule has 164 valence electrons. The molecule has 5 nitrogen and oxygen atoms in total. The first-order valence-corrected chi connectivity index (χ1v) is 11.1. The molecule has 2 aromatic heterocycles. The Morgan fingerprint density at radius 1 is 0.939 bits per heavy atom. The first kappa shape index (κ1) is 19.7. The number of benzene rings is 3. The van der Waals surface area contributed by atoms with E-state index in [-0.39, 0.29) is 5.82 Å². The van der Waals surface area contributed by atoms with Crippen molar-refractivity contribution in [2.75, 3.05) is 0 Å². The van der Waals surface area contributed by atoms with E-state index in [4.69, 9.17) is 9.72 Å². The molecule has 0 amide bonds. The van der Waals surface area contributed by atoms with Crippen LogP contribution in [0.4, 0.5) is 4.39 Å². The van der Waals surface area contributed by atoms with Gasteiger partial charge in [-0.3, -0.25) is 0 Å². The van der Waals surface area contributed by atoms with Crippen molar-refractivity contribution in [3.63, 3.8) is 0 Å². The van der Waals surface area contributed by atoms with E-state index in [1.54, 1.807) is 18.3 Å². The van der Waals surface area contributed by atoms with E-state index in [9.17, 15) is 4.39 Å². The molecule has 1 aliphatic heterocycles. The van der Waals surface area contributed by atoms with Gasteiger partial charge in [0.2, 0.25) is 0 Å². The summed E-state index contributed by atoms with van der Waals surface area (Å²) in [6.07, 6.45) is 1.65. The molecule has 3 aromatic carbocycles. The molecule has 0 unspecified atom stereocenters. The van der Waals surface area contributed by atoms with E-state index >= 15 is 0 Å². The molecule has 6 rings (SSSR count). The van der Waals surface area contributed by atoms with Crippen LogP contribution in [0.2, 0.25) is 0 Å². The molecule has 0 aliphatic carbocycles. The average molecular weight is 439 g/mol. The highest BCUT2D eigenvalue weighted by Crippen LogP contribution is 2.43. The topological polar surface area (TPSA) is 66.6 Å². The highest BCUT2D eigenvalue weighted by atomic mass is 19.1. The zero-order valence-electron chi connectivity index (χ0n) is 18.7. The number of hydrogen-bond donors (Lipinski definition) is 2. The maximum atomic E-state index is 14.9. The Kier molecular flexibility index (Phi) is 4.37. The Bertz CT molecular complexity index is 1530. The number of rotatable bonds is 3. The lowest BCUT2D eigenvalue weighted by Crippen LogP contribution is -2.06. The summed E-state index contributed by atoms with van der Waals surface area (Å²) in [7, 11) is 0. The summed E-state index contributed by atoms with van der Waals surface area (Å²) in [6.45, 7) is 6.54. The number of aryl methyl sites for hydroxylation is 1. The van der Waals surface area contributed by atoms with Crippen LogP contribution >= 0.6 is 0 Å². The van der Waals surface area contributed by atoms with Gasteiger partial charge in [0, 0.05) is 17.0 Å². The SMILES string of the molecule is Cc1ncc(-c2ccc(-c3ccc4c(c3)COc3c-4ccc4[nH]c(C(C)C)nc34)cc2F)[nH]1. The number of ether oxygens (including phenoxy) is 1. The Balaban J connectivity index is 1.39. The lowest BCUT2D eigenvalue weighted by molar-refractivity contribution is 0.305. The van der Waals surface area contributed by atoms with Gasteiger partial charge in [-0.05, 0) is 59.5 Å². The number of hydrogen-bond acceptors (Lipinski definition) is 3. The Labute approximate surface area is 190 Å². The van der Waals surface area contributed by atoms with Crippen molar-refractivity contribution in [1.29, 1.82) is 0 Å². The van der Waals surface area contributed by atoms with Gasteiger partial charge >= 0.3 is 0 Å². The predicted molar refractivity (Wildman–Crippen MR) is 128 cm³/mol. The van der Waals surface area contributed by atoms with Gasteiger partial charge in [0.05, 0.1) is 17.4 Å². The van der Waals surface area contributed by atoms with E-state index in [2.05, 4.69) is 53.1 Å². The largest absolute Gasteiger partial charge is 0.486 e. The van der Waals surface area contributed by atoms with Crippen LogP contribution in [0.1, 0.15) is 37.0 Å². The van der Waals surface area contributed by atoms with Crippen LogP contribution < -0.4 is 4.74 Å². The van der Waals surface area contributed by atoms with Crippen LogP contribution in [0.25, 0.3) is 44.5 Å². The van der Waals surface area contributed by atoms with E-state index in [1.807, 2.05) is 19.1 Å². The number of fused-ring (bicyclic) bond motifs is 5. The average Bonchev–Trinajstić information content (AvgIpc) is 3.45. The summed E-state index contributed by atoms with van der Waals surface area (Å²) in [4.78, 5) is 15.4. The molecule has 2 N–H and O–H groups in total. The molecule has 0 saturated carbocycles. The molecule has 5 aromatic rings. The van der Waals surface area contributed by atoms with Gasteiger partial charge < -0.3 is 14.7 Å². The molecule has 6 heteroatoms. The number of aromatic amines is 2. The first-order valence-electron chi connectivity index (χ1n) is 11.1. The highest BCUT2D eigenvalue weighted by molar-refractivity contribution is 5.92. The Morgan fingerprint density at radius 2 is 1.70 bits per heavy atom. The summed E-state index contributed by atoms with van der Waals surface area (Å²) in [5.74, 6) is 2.57. The zero-order valence-corrected chi connectivity index (χ0v) is 18.7. The maximum Gasteiger partial charge on any atom is 0.155 e. The van der Waals surface area contributed by atoms with Crippen LogP contribution in [0.15, 0.2) is 54.7 Å². The number of aromatic nitrogens is 4. The van der Waals surface area contributed by atoms with E-state index < -0.39 is 0 Å². The van der Waals surface area contributed by atoms with Crippen molar-refractivity contribution in [3.05, 3.63) is 77.8 Å². The number of nitrogens with zero attached hydrogens (tertiary/aromatic N) is 2. The first-order chi connectivity index (χ1) is 16.0. The summed E-state index contributed by atoms with van der Waals surface area (Å²) in [6, 6.07) is 15.7. The second-order valence-corrected chi connectivity index (χ2v) is 8.85. The second kappa shape index (κ2) is 7.30. The van der Waals surface area contributed by atoms with Crippen molar-refractivity contribution >= 4 is 11.0 Å². The van der Waals surface area contributed by atoms with E-state index in [0.717, 1.165) is 56.2 Å². The molecule has 0 atom stereocenters. The fourth-order valence-corrected chi connectivity index (χ4v) is 4.48. The minimum Gasteiger partial charge on any atom is -0.486 e. The van der Waals surface area contributed by atoms with Crippen molar-refractivity contribution < 1.29 is 9.13 Å². The number of H-pyrrole nitrogens is 2. The number of halogens is 1. The van der Waals surface area contributed by atoms with Crippen LogP contribution in [-0.4, -0.2) is 19.9 Å². The lowest BCUT2D eigenvalue weighted by atomic mass is 9.92. The fourth-order valence-electron chi connectivity index (χ4n) is 4.48. The smallest absolute Gasteiger partial charge is 0.155 e. The van der Waals surface area contributed by atoms with Crippen LogP contribution in [-0.2, 0) is 6.61 Å². The van der Waals surface area contributed by atoms with E-state index in [0.29, 0.717) is 23.8 Å². The van der Waals surface area contributed by atoms with Gasteiger partial charge in [0.15, 0.2) is 5.75 Å². The third-order valence-corrected chi connectivity index (χ3v) is 6.24. The third kappa shape index (κ3) is 3.21. The van der Waals surface area contributed by atoms with Gasteiger partial charge in [-0.15, -0.1) is 0 Å². The standard InChI is InChI=1S/C27H23FN4O/c1-14(2)27-31-23-9-8-20-19-6-4-16(10-18(19)13-33-26(20)25(23)32-27)17-5-7-21(22(28)11-17)24-12-29-15(3)30-24/h4-12,14H,13H2,1-3H3,(H,29,30)(H,31,32). The monoisotopic (exact) mass is 438 g/mol. The fraction of sp³-hybridized carbons (Fsp3) is 0.185. The minimum atomic E-state index is -0.280. The highest BCUT2D eigenvalue weighted by Gasteiger charge is 2.22. The summed E-state index contributed by atoms with van der Waals surface area (Å²) in [5.41, 5.74) is 8.07. The molecule has 3 heterocycles. The van der Waals surface area contributed by atoms with Crippen molar-refractivity contribution in [3.8, 4) is 39.3 Å². The maximum absolute atomic E-state index is 14.9. The Hall–Kier alpha value is -3.93. The van der Waals surface area contributed by atoms with Gasteiger partial charge in [-0.1, -0.05) is 32.0 Å². The lowest BCUT2D eigenvalue weighted by Gasteiger charge is -2.22. The molecule has 0 spiro atoms. The van der Waals surface area contributed by atoms with Crippen LogP contribution in [0, 0.1) is 12.7 Å². The molecule has 0 bridgehead atoms. The normalized spacial score (nSPS) is 12.6. The van der Waals surface area contributed by atoms with Gasteiger partial charge in [-0.2, -0.15) is 0 Å². The van der Waals surface area contributed by atoms with Gasteiger partial charge in [0.25, 0.3) is 0 Å². The zero-order chi connectivity index (χ0) is 22.7. The molecule has 1 aliphatic rings. The summed E-state index contributed by atoms with van der Waals surface area (Å²) >= 11 is 0. The van der Waals surface area contributed by atoms with Crippen molar-refractivity contribution in [2.24, 2.45) is 0 Å². The summed E-state index contributed by atoms with van der Waals surface area (Å²) < 4.78 is 21.1. The van der Waals surface area contributed by atoms with Gasteiger partial charge in [-0.25, -0.2) is 14.4 Å². The number of imidazole rings is 2. The van der Waals surface area contributed by atoms with E-state index in [1.165, 1.54) is 0 Å². The van der Waals surface area contributed by atoms with Gasteiger partial charge in [0.1, 0.15) is 29.6 Å². The molecule has 0 radical (unpaired) electrons. The molecule has 0 fully saturated rings. The predicted octanol–water partition coefficient (Wildman–Crippen LogP) is 6.75. The molecule has 33 heavy (non-hydrogen) atoms. The molecule has 0 saturated heterocycles. The molecular weight excluding hydrogens is 415 g/mol. The Morgan fingerprint density at radius 3 is 2.42 bits per heavy atom. The molecular formula is C27H23FN4O.